The van der Waals surface area contributed by atoms with Crippen LogP contribution in [0.25, 0.3) is 0 Å². The minimum atomic E-state index is -0.0823. The third-order valence-corrected chi connectivity index (χ3v) is 3.92. The van der Waals surface area contributed by atoms with Gasteiger partial charge in [-0.05, 0) is 31.8 Å². The maximum absolute atomic E-state index is 12.0. The summed E-state index contributed by atoms with van der Waals surface area (Å²) in [6.45, 7) is 7.69. The quantitative estimate of drug-likeness (QED) is 0.689. The Morgan fingerprint density at radius 1 is 1.18 bits per heavy atom. The molecule has 1 unspecified atom stereocenters. The summed E-state index contributed by atoms with van der Waals surface area (Å²) in [5.41, 5.74) is 0. The predicted molar refractivity (Wildman–Crippen MR) is 65.3 cm³/mol. The van der Waals surface area contributed by atoms with Crippen molar-refractivity contribution < 1.29 is 9.59 Å². The second-order valence-electron chi connectivity index (χ2n) is 5.49. The number of rotatable bonds is 4. The van der Waals surface area contributed by atoms with Crippen molar-refractivity contribution in [1.82, 2.24) is 9.80 Å². The first-order valence-electron chi connectivity index (χ1n) is 6.66. The zero-order chi connectivity index (χ0) is 12.4. The fourth-order valence-electron chi connectivity index (χ4n) is 2.71. The molecular formula is C13H22N2O2. The monoisotopic (exact) mass is 238 g/mol. The summed E-state index contributed by atoms with van der Waals surface area (Å²) < 4.78 is 0. The first-order valence-corrected chi connectivity index (χ1v) is 6.66. The minimum absolute atomic E-state index is 0.0212. The smallest absolute Gasteiger partial charge is 0.233 e. The number of imide groups is 1. The van der Waals surface area contributed by atoms with Gasteiger partial charge in [0, 0.05) is 25.4 Å². The third kappa shape index (κ3) is 2.68. The van der Waals surface area contributed by atoms with Crippen LogP contribution in [0.3, 0.4) is 0 Å². The molecule has 2 heterocycles. The van der Waals surface area contributed by atoms with Crippen molar-refractivity contribution in [3.05, 3.63) is 0 Å². The Labute approximate surface area is 103 Å². The van der Waals surface area contributed by atoms with E-state index >= 15 is 0 Å². The van der Waals surface area contributed by atoms with E-state index in [1.807, 2.05) is 13.8 Å². The highest BCUT2D eigenvalue weighted by molar-refractivity contribution is 6.03. The number of hydrogen-bond acceptors (Lipinski definition) is 3. The average molecular weight is 238 g/mol. The molecule has 0 aromatic carbocycles. The van der Waals surface area contributed by atoms with E-state index in [1.165, 1.54) is 17.7 Å². The highest BCUT2D eigenvalue weighted by atomic mass is 16.2. The molecule has 0 spiro atoms. The number of likely N-dealkylation sites (tertiary alicyclic amines) is 2. The van der Waals surface area contributed by atoms with Crippen LogP contribution in [0.1, 0.15) is 33.1 Å². The first kappa shape index (κ1) is 12.6. The van der Waals surface area contributed by atoms with Crippen LogP contribution in [0.5, 0.6) is 0 Å². The van der Waals surface area contributed by atoms with Crippen LogP contribution in [-0.2, 0) is 9.59 Å². The SMILES string of the molecule is CC(C)C1CC(=O)N(CCN2CCCC2)C1=O. The summed E-state index contributed by atoms with van der Waals surface area (Å²) in [6.07, 6.45) is 2.91. The maximum Gasteiger partial charge on any atom is 0.233 e. The van der Waals surface area contributed by atoms with Crippen molar-refractivity contribution in [2.45, 2.75) is 33.1 Å². The summed E-state index contributed by atoms with van der Waals surface area (Å²) in [5.74, 6) is 0.251. The first-order chi connectivity index (χ1) is 8.09. The van der Waals surface area contributed by atoms with Gasteiger partial charge in [-0.2, -0.15) is 0 Å². The molecule has 2 fully saturated rings. The van der Waals surface area contributed by atoms with E-state index in [1.54, 1.807) is 0 Å². The molecule has 2 amide bonds. The molecule has 2 aliphatic heterocycles. The molecule has 4 heteroatoms. The Morgan fingerprint density at radius 2 is 1.82 bits per heavy atom. The summed E-state index contributed by atoms with van der Waals surface area (Å²) in [6, 6.07) is 0. The van der Waals surface area contributed by atoms with Crippen LogP contribution in [0, 0.1) is 11.8 Å². The molecular weight excluding hydrogens is 216 g/mol. The van der Waals surface area contributed by atoms with Crippen molar-refractivity contribution in [2.24, 2.45) is 11.8 Å². The van der Waals surface area contributed by atoms with E-state index in [4.69, 9.17) is 0 Å². The zero-order valence-corrected chi connectivity index (χ0v) is 10.8. The number of carbonyl (C=O) groups excluding carboxylic acids is 2. The molecule has 0 N–H and O–H groups in total. The Balaban J connectivity index is 1.87. The molecule has 0 bridgehead atoms. The summed E-state index contributed by atoms with van der Waals surface area (Å²) >= 11 is 0. The van der Waals surface area contributed by atoms with Gasteiger partial charge < -0.3 is 4.90 Å². The predicted octanol–water partition coefficient (Wildman–Crippen LogP) is 1.11. The van der Waals surface area contributed by atoms with Crippen LogP contribution in [0.4, 0.5) is 0 Å². The molecule has 17 heavy (non-hydrogen) atoms. The number of nitrogens with zero attached hydrogens (tertiary/aromatic N) is 2. The third-order valence-electron chi connectivity index (χ3n) is 3.92. The lowest BCUT2D eigenvalue weighted by molar-refractivity contribution is -0.139. The lowest BCUT2D eigenvalue weighted by Gasteiger charge is -2.20. The molecule has 0 aliphatic carbocycles. The topological polar surface area (TPSA) is 40.6 Å². The fraction of sp³-hybridized carbons (Fsp3) is 0.846. The molecule has 0 aromatic rings. The van der Waals surface area contributed by atoms with Crippen LogP contribution < -0.4 is 0 Å². The highest BCUT2D eigenvalue weighted by Crippen LogP contribution is 2.26. The zero-order valence-electron chi connectivity index (χ0n) is 10.8. The Hall–Kier alpha value is -0.900. The van der Waals surface area contributed by atoms with Gasteiger partial charge in [-0.15, -0.1) is 0 Å². The van der Waals surface area contributed by atoms with E-state index in [-0.39, 0.29) is 23.7 Å². The van der Waals surface area contributed by atoms with Gasteiger partial charge in [0.2, 0.25) is 11.8 Å². The van der Waals surface area contributed by atoms with Crippen LogP contribution in [-0.4, -0.2) is 47.8 Å². The summed E-state index contributed by atoms with van der Waals surface area (Å²) in [7, 11) is 0. The van der Waals surface area contributed by atoms with Gasteiger partial charge in [0.25, 0.3) is 0 Å². The molecule has 1 atom stereocenters. The minimum Gasteiger partial charge on any atom is -0.302 e. The van der Waals surface area contributed by atoms with Gasteiger partial charge >= 0.3 is 0 Å². The Bertz CT molecular complexity index is 309. The van der Waals surface area contributed by atoms with E-state index in [0.717, 1.165) is 19.6 Å². The van der Waals surface area contributed by atoms with Gasteiger partial charge in [0.05, 0.1) is 0 Å². The summed E-state index contributed by atoms with van der Waals surface area (Å²) in [4.78, 5) is 27.7. The molecule has 2 saturated heterocycles. The molecule has 4 nitrogen and oxygen atoms in total. The fourth-order valence-corrected chi connectivity index (χ4v) is 2.71. The van der Waals surface area contributed by atoms with Crippen LogP contribution in [0.15, 0.2) is 0 Å². The van der Waals surface area contributed by atoms with Crippen LogP contribution >= 0.6 is 0 Å². The molecule has 2 rings (SSSR count). The number of hydrogen-bond donors (Lipinski definition) is 0. The Kier molecular flexibility index (Phi) is 3.82. The molecule has 96 valence electrons. The second kappa shape index (κ2) is 5.17. The Morgan fingerprint density at radius 3 is 2.35 bits per heavy atom. The molecule has 0 radical (unpaired) electrons. The van der Waals surface area contributed by atoms with Crippen molar-refractivity contribution in [2.75, 3.05) is 26.2 Å². The van der Waals surface area contributed by atoms with E-state index < -0.39 is 0 Å². The summed E-state index contributed by atoms with van der Waals surface area (Å²) in [5, 5.41) is 0. The lowest BCUT2D eigenvalue weighted by Crippen LogP contribution is -2.38. The van der Waals surface area contributed by atoms with Crippen LogP contribution in [0.2, 0.25) is 0 Å². The normalized spacial score (nSPS) is 26.5. The average Bonchev–Trinajstić information content (AvgIpc) is 2.86. The van der Waals surface area contributed by atoms with E-state index in [9.17, 15) is 9.59 Å². The molecule has 0 aromatic heterocycles. The van der Waals surface area contributed by atoms with Crippen molar-refractivity contribution in [3.8, 4) is 0 Å². The number of amides is 2. The van der Waals surface area contributed by atoms with E-state index in [2.05, 4.69) is 4.90 Å². The molecule has 2 aliphatic rings. The van der Waals surface area contributed by atoms with Crippen molar-refractivity contribution in [3.63, 3.8) is 0 Å². The lowest BCUT2D eigenvalue weighted by atomic mass is 9.94. The van der Waals surface area contributed by atoms with Crippen molar-refractivity contribution >= 4 is 11.8 Å². The largest absolute Gasteiger partial charge is 0.302 e. The van der Waals surface area contributed by atoms with Gasteiger partial charge in [-0.3, -0.25) is 14.5 Å². The highest BCUT2D eigenvalue weighted by Gasteiger charge is 2.39. The second-order valence-corrected chi connectivity index (χ2v) is 5.49. The number of carbonyl (C=O) groups is 2. The van der Waals surface area contributed by atoms with Gasteiger partial charge in [-0.1, -0.05) is 13.8 Å². The van der Waals surface area contributed by atoms with Gasteiger partial charge in [-0.25, -0.2) is 0 Å². The molecule has 0 saturated carbocycles. The standard InChI is InChI=1S/C13H22N2O2/c1-10(2)11-9-12(16)15(13(11)17)8-7-14-5-3-4-6-14/h10-11H,3-9H2,1-2H3. The van der Waals surface area contributed by atoms with Gasteiger partial charge in [0.1, 0.15) is 0 Å². The maximum atomic E-state index is 12.0. The van der Waals surface area contributed by atoms with Crippen molar-refractivity contribution in [1.29, 1.82) is 0 Å². The van der Waals surface area contributed by atoms with Gasteiger partial charge in [0.15, 0.2) is 0 Å². The van der Waals surface area contributed by atoms with E-state index in [0.29, 0.717) is 13.0 Å².